The Kier molecular flexibility index (Phi) is 5.69. The van der Waals surface area contributed by atoms with Crippen LogP contribution in [0.25, 0.3) is 16.6 Å². The third-order valence-electron chi connectivity index (χ3n) is 5.59. The number of aryl methyl sites for hydroxylation is 2. The summed E-state index contributed by atoms with van der Waals surface area (Å²) >= 11 is 1.68. The van der Waals surface area contributed by atoms with E-state index in [9.17, 15) is 0 Å². The molecule has 5 aromatic rings. The van der Waals surface area contributed by atoms with Gasteiger partial charge in [-0.3, -0.25) is 4.57 Å². The number of fused-ring (bicyclic) bond motifs is 1. The molecular formula is C26H24N4OS. The Morgan fingerprint density at radius 3 is 2.56 bits per heavy atom. The molecule has 2 aromatic heterocycles. The number of ether oxygens (including phenoxy) is 1. The first-order chi connectivity index (χ1) is 15.7. The largest absolute Gasteiger partial charge is 0.486 e. The first-order valence-corrected chi connectivity index (χ1v) is 11.5. The van der Waals surface area contributed by atoms with Crippen molar-refractivity contribution < 1.29 is 4.74 Å². The summed E-state index contributed by atoms with van der Waals surface area (Å²) in [7, 11) is 0. The summed E-state index contributed by atoms with van der Waals surface area (Å²) < 4.78 is 8.16. The lowest BCUT2D eigenvalue weighted by molar-refractivity contribution is 0.292. The summed E-state index contributed by atoms with van der Waals surface area (Å²) in [5, 5.41) is 11.1. The van der Waals surface area contributed by atoms with Gasteiger partial charge in [-0.15, -0.1) is 10.2 Å². The molecule has 0 amide bonds. The highest BCUT2D eigenvalue weighted by atomic mass is 32.2. The van der Waals surface area contributed by atoms with Gasteiger partial charge >= 0.3 is 0 Å². The third kappa shape index (κ3) is 4.14. The fraction of sp³-hybridized carbons (Fsp3) is 0.154. The van der Waals surface area contributed by atoms with Crippen molar-refractivity contribution in [3.05, 3.63) is 102 Å². The molecule has 0 saturated heterocycles. The number of aromatic amines is 1. The van der Waals surface area contributed by atoms with E-state index < -0.39 is 0 Å². The normalized spacial score (nSPS) is 11.2. The minimum absolute atomic E-state index is 0.345. The summed E-state index contributed by atoms with van der Waals surface area (Å²) in [4.78, 5) is 3.35. The van der Waals surface area contributed by atoms with Gasteiger partial charge in [0.15, 0.2) is 11.0 Å². The standard InChI is InChI=1S/C26H24N4OS/c1-18-12-13-22(14-19(18)2)31-16-25-28-29-26(30(25)21-8-4-3-5-9-21)32-17-20-15-27-24-11-7-6-10-23(20)24/h3-15,27H,16-17H2,1-2H3. The van der Waals surface area contributed by atoms with Gasteiger partial charge in [0.25, 0.3) is 0 Å². The second kappa shape index (κ2) is 8.93. The average Bonchev–Trinajstić information content (AvgIpc) is 3.43. The number of nitrogens with zero attached hydrogens (tertiary/aromatic N) is 3. The zero-order chi connectivity index (χ0) is 21.9. The molecular weight excluding hydrogens is 416 g/mol. The Morgan fingerprint density at radius 1 is 0.906 bits per heavy atom. The maximum atomic E-state index is 6.07. The number of hydrogen-bond acceptors (Lipinski definition) is 4. The fourth-order valence-corrected chi connectivity index (χ4v) is 4.63. The minimum atomic E-state index is 0.345. The molecule has 0 unspecified atom stereocenters. The van der Waals surface area contributed by atoms with Crippen LogP contribution in [-0.4, -0.2) is 19.7 Å². The predicted molar refractivity (Wildman–Crippen MR) is 129 cm³/mol. The predicted octanol–water partition coefficient (Wildman–Crippen LogP) is 6.24. The van der Waals surface area contributed by atoms with E-state index in [0.717, 1.165) is 33.7 Å². The van der Waals surface area contributed by atoms with Crippen molar-refractivity contribution in [3.8, 4) is 11.4 Å². The van der Waals surface area contributed by atoms with Gasteiger partial charge in [-0.25, -0.2) is 0 Å². The molecule has 5 nitrogen and oxygen atoms in total. The monoisotopic (exact) mass is 440 g/mol. The van der Waals surface area contributed by atoms with Gasteiger partial charge in [0.1, 0.15) is 12.4 Å². The summed E-state index contributed by atoms with van der Waals surface area (Å²) in [5.74, 6) is 2.41. The smallest absolute Gasteiger partial charge is 0.196 e. The molecule has 0 aliphatic heterocycles. The Bertz CT molecular complexity index is 1360. The third-order valence-corrected chi connectivity index (χ3v) is 6.57. The van der Waals surface area contributed by atoms with Crippen LogP contribution in [0, 0.1) is 13.8 Å². The molecule has 0 saturated carbocycles. The molecule has 32 heavy (non-hydrogen) atoms. The molecule has 0 aliphatic rings. The summed E-state index contributed by atoms with van der Waals surface area (Å²) in [6, 6.07) is 24.7. The first kappa shape index (κ1) is 20.4. The van der Waals surface area contributed by atoms with Gasteiger partial charge in [0, 0.05) is 28.5 Å². The molecule has 1 N–H and O–H groups in total. The number of rotatable bonds is 7. The summed E-state index contributed by atoms with van der Waals surface area (Å²) in [6.07, 6.45) is 2.07. The van der Waals surface area contributed by atoms with Crippen LogP contribution in [0.15, 0.2) is 84.1 Å². The van der Waals surface area contributed by atoms with Crippen molar-refractivity contribution in [2.75, 3.05) is 0 Å². The Morgan fingerprint density at radius 2 is 1.72 bits per heavy atom. The highest BCUT2D eigenvalue weighted by Crippen LogP contribution is 2.29. The van der Waals surface area contributed by atoms with Gasteiger partial charge in [0.2, 0.25) is 0 Å². The van der Waals surface area contributed by atoms with Crippen LogP contribution < -0.4 is 4.74 Å². The van der Waals surface area contributed by atoms with E-state index in [0.29, 0.717) is 6.61 Å². The number of H-pyrrole nitrogens is 1. The van der Waals surface area contributed by atoms with Crippen molar-refractivity contribution >= 4 is 22.7 Å². The fourth-order valence-electron chi connectivity index (χ4n) is 3.67. The van der Waals surface area contributed by atoms with Crippen LogP contribution >= 0.6 is 11.8 Å². The molecule has 0 fully saturated rings. The summed E-state index contributed by atoms with van der Waals surface area (Å²) in [6.45, 7) is 4.54. The molecule has 0 atom stereocenters. The van der Waals surface area contributed by atoms with E-state index in [4.69, 9.17) is 4.74 Å². The quantitative estimate of drug-likeness (QED) is 0.305. The van der Waals surface area contributed by atoms with Gasteiger partial charge in [0.05, 0.1) is 0 Å². The van der Waals surface area contributed by atoms with Crippen LogP contribution in [0.4, 0.5) is 0 Å². The molecule has 0 aliphatic carbocycles. The van der Waals surface area contributed by atoms with E-state index in [1.165, 1.54) is 22.1 Å². The number of aromatic nitrogens is 4. The van der Waals surface area contributed by atoms with Gasteiger partial charge in [-0.2, -0.15) is 0 Å². The topological polar surface area (TPSA) is 55.7 Å². The lowest BCUT2D eigenvalue weighted by atomic mass is 10.1. The second-order valence-electron chi connectivity index (χ2n) is 7.75. The van der Waals surface area contributed by atoms with Crippen LogP contribution in [0.1, 0.15) is 22.5 Å². The van der Waals surface area contributed by atoms with Crippen LogP contribution in [-0.2, 0) is 12.4 Å². The highest BCUT2D eigenvalue weighted by Gasteiger charge is 2.16. The molecule has 5 rings (SSSR count). The number of hydrogen-bond donors (Lipinski definition) is 1. The average molecular weight is 441 g/mol. The lowest BCUT2D eigenvalue weighted by Crippen LogP contribution is -2.06. The van der Waals surface area contributed by atoms with Crippen LogP contribution in [0.5, 0.6) is 5.75 Å². The Labute approximate surface area is 191 Å². The van der Waals surface area contributed by atoms with Crippen molar-refractivity contribution in [2.45, 2.75) is 31.4 Å². The van der Waals surface area contributed by atoms with Gasteiger partial charge < -0.3 is 9.72 Å². The van der Waals surface area contributed by atoms with Crippen molar-refractivity contribution in [3.63, 3.8) is 0 Å². The Hall–Kier alpha value is -3.51. The van der Waals surface area contributed by atoms with Crippen molar-refractivity contribution in [2.24, 2.45) is 0 Å². The van der Waals surface area contributed by atoms with Crippen molar-refractivity contribution in [1.82, 2.24) is 19.7 Å². The molecule has 0 bridgehead atoms. The van der Waals surface area contributed by atoms with Crippen molar-refractivity contribution in [1.29, 1.82) is 0 Å². The first-order valence-electron chi connectivity index (χ1n) is 10.6. The molecule has 3 aromatic carbocycles. The SMILES string of the molecule is Cc1ccc(OCc2nnc(SCc3c[nH]c4ccccc34)n2-c2ccccc2)cc1C. The maximum Gasteiger partial charge on any atom is 0.196 e. The van der Waals surface area contributed by atoms with Crippen LogP contribution in [0.2, 0.25) is 0 Å². The van der Waals surface area contributed by atoms with Gasteiger partial charge in [-0.1, -0.05) is 54.2 Å². The zero-order valence-corrected chi connectivity index (χ0v) is 18.9. The molecule has 0 spiro atoms. The minimum Gasteiger partial charge on any atom is -0.486 e. The van der Waals surface area contributed by atoms with E-state index in [1.807, 2.05) is 30.3 Å². The number of para-hydroxylation sites is 2. The van der Waals surface area contributed by atoms with Crippen LogP contribution in [0.3, 0.4) is 0 Å². The number of thioether (sulfide) groups is 1. The van der Waals surface area contributed by atoms with E-state index in [2.05, 4.69) is 82.3 Å². The maximum absolute atomic E-state index is 6.07. The number of benzene rings is 3. The van der Waals surface area contributed by atoms with Gasteiger partial charge in [-0.05, 0) is 60.9 Å². The number of nitrogens with one attached hydrogen (secondary N) is 1. The second-order valence-corrected chi connectivity index (χ2v) is 8.70. The molecule has 0 radical (unpaired) electrons. The Balaban J connectivity index is 1.41. The highest BCUT2D eigenvalue weighted by molar-refractivity contribution is 7.98. The lowest BCUT2D eigenvalue weighted by Gasteiger charge is -2.12. The molecule has 2 heterocycles. The van der Waals surface area contributed by atoms with E-state index in [-0.39, 0.29) is 0 Å². The van der Waals surface area contributed by atoms with E-state index >= 15 is 0 Å². The molecule has 160 valence electrons. The summed E-state index contributed by atoms with van der Waals surface area (Å²) in [5.41, 5.74) is 5.89. The van der Waals surface area contributed by atoms with E-state index in [1.54, 1.807) is 11.8 Å². The zero-order valence-electron chi connectivity index (χ0n) is 18.1. The molecule has 6 heteroatoms.